The van der Waals surface area contributed by atoms with E-state index in [0.29, 0.717) is 0 Å². The molecule has 1 fully saturated rings. The zero-order valence-electron chi connectivity index (χ0n) is 9.49. The van der Waals surface area contributed by atoms with Gasteiger partial charge < -0.3 is 14.9 Å². The zero-order chi connectivity index (χ0) is 14.2. The van der Waals surface area contributed by atoms with E-state index in [1.165, 1.54) is 0 Å². The van der Waals surface area contributed by atoms with Gasteiger partial charge in [0.1, 0.15) is 18.5 Å². The summed E-state index contributed by atoms with van der Waals surface area (Å²) in [4.78, 5) is 26.1. The Labute approximate surface area is 111 Å². The predicted octanol–water partition coefficient (Wildman–Crippen LogP) is -2.21. The Balaban J connectivity index is 2.52. The van der Waals surface area contributed by atoms with E-state index in [0.717, 1.165) is 10.9 Å². The van der Waals surface area contributed by atoms with E-state index in [1.54, 1.807) is 0 Å². The van der Waals surface area contributed by atoms with Crippen molar-refractivity contribution in [1.29, 1.82) is 0 Å². The van der Waals surface area contributed by atoms with Gasteiger partial charge in [-0.1, -0.05) is 17.5 Å². The topological polar surface area (TPSA) is 117 Å². The fraction of sp³-hybridized carbons (Fsp3) is 0.500. The van der Waals surface area contributed by atoms with Gasteiger partial charge in [-0.2, -0.15) is 4.98 Å². The van der Waals surface area contributed by atoms with Gasteiger partial charge in [0.05, 0.1) is 6.61 Å². The molecule has 1 aliphatic rings. The fourth-order valence-corrected chi connectivity index (χ4v) is 2.14. The SMILES string of the molecule is C#CC1(Cl)[C@@H](O)[C@@H](CO)O[C@H]1n1cnc(=O)[nH]c1=O. The van der Waals surface area contributed by atoms with E-state index >= 15 is 0 Å². The number of aliphatic hydroxyl groups is 2. The highest BCUT2D eigenvalue weighted by atomic mass is 35.5. The molecule has 9 heteroatoms. The van der Waals surface area contributed by atoms with Crippen molar-refractivity contribution in [2.75, 3.05) is 6.61 Å². The average Bonchev–Trinajstić information content (AvgIpc) is 2.63. The lowest BCUT2D eigenvalue weighted by Crippen LogP contribution is -2.44. The van der Waals surface area contributed by atoms with Gasteiger partial charge in [0.2, 0.25) is 0 Å². The molecule has 1 aromatic rings. The van der Waals surface area contributed by atoms with Crippen LogP contribution in [0, 0.1) is 12.3 Å². The molecular weight excluding hydrogens is 278 g/mol. The van der Waals surface area contributed by atoms with Gasteiger partial charge in [-0.3, -0.25) is 9.55 Å². The largest absolute Gasteiger partial charge is 0.394 e. The lowest BCUT2D eigenvalue weighted by molar-refractivity contribution is -0.0468. The van der Waals surface area contributed by atoms with Crippen LogP contribution in [0.1, 0.15) is 6.23 Å². The van der Waals surface area contributed by atoms with Crippen LogP contribution in [0.25, 0.3) is 0 Å². The molecule has 0 aliphatic carbocycles. The van der Waals surface area contributed by atoms with E-state index in [-0.39, 0.29) is 0 Å². The summed E-state index contributed by atoms with van der Waals surface area (Å²) in [5, 5.41) is 19.0. The molecule has 0 radical (unpaired) electrons. The number of nitrogens with one attached hydrogen (secondary N) is 1. The number of alkyl halides is 1. The van der Waals surface area contributed by atoms with Gasteiger partial charge in [0, 0.05) is 0 Å². The summed E-state index contributed by atoms with van der Waals surface area (Å²) in [7, 11) is 0. The minimum Gasteiger partial charge on any atom is -0.394 e. The summed E-state index contributed by atoms with van der Waals surface area (Å²) in [6, 6.07) is 0. The number of rotatable bonds is 2. The first-order chi connectivity index (χ1) is 8.93. The minimum atomic E-state index is -1.75. The number of hydrogen-bond acceptors (Lipinski definition) is 6. The molecule has 102 valence electrons. The average molecular weight is 288 g/mol. The molecule has 4 atom stereocenters. The smallest absolute Gasteiger partial charge is 0.350 e. The van der Waals surface area contributed by atoms with Crippen molar-refractivity contribution in [3.05, 3.63) is 27.3 Å². The highest BCUT2D eigenvalue weighted by molar-refractivity contribution is 6.27. The van der Waals surface area contributed by atoms with E-state index in [9.17, 15) is 14.7 Å². The second kappa shape index (κ2) is 4.79. The number of aromatic nitrogens is 3. The molecule has 1 saturated heterocycles. The number of aromatic amines is 1. The molecule has 1 aromatic heterocycles. The minimum absolute atomic E-state index is 0.528. The molecule has 0 spiro atoms. The monoisotopic (exact) mass is 287 g/mol. The molecule has 1 aliphatic heterocycles. The number of H-pyrrole nitrogens is 1. The second-order valence-corrected chi connectivity index (χ2v) is 4.58. The summed E-state index contributed by atoms with van der Waals surface area (Å²) in [6.45, 7) is -0.528. The normalized spacial score (nSPS) is 34.1. The van der Waals surface area contributed by atoms with Gasteiger partial charge in [-0.25, -0.2) is 9.59 Å². The van der Waals surface area contributed by atoms with Crippen molar-refractivity contribution in [3.63, 3.8) is 0 Å². The van der Waals surface area contributed by atoms with Crippen LogP contribution >= 0.6 is 11.6 Å². The summed E-state index contributed by atoms with van der Waals surface area (Å²) < 4.78 is 6.12. The van der Waals surface area contributed by atoms with Crippen LogP contribution in [0.2, 0.25) is 0 Å². The molecule has 3 N–H and O–H groups in total. The van der Waals surface area contributed by atoms with Crippen molar-refractivity contribution in [2.24, 2.45) is 0 Å². The Hall–Kier alpha value is -1.66. The van der Waals surface area contributed by atoms with E-state index in [4.69, 9.17) is 27.9 Å². The second-order valence-electron chi connectivity index (χ2n) is 3.95. The van der Waals surface area contributed by atoms with E-state index in [2.05, 4.69) is 10.9 Å². The van der Waals surface area contributed by atoms with Crippen LogP contribution in [0.15, 0.2) is 15.9 Å². The highest BCUT2D eigenvalue weighted by Crippen LogP contribution is 2.42. The molecule has 0 amide bonds. The third-order valence-electron chi connectivity index (χ3n) is 2.85. The number of ether oxygens (including phenoxy) is 1. The van der Waals surface area contributed by atoms with Gasteiger partial charge in [0.25, 0.3) is 0 Å². The first-order valence-corrected chi connectivity index (χ1v) is 5.60. The van der Waals surface area contributed by atoms with Crippen LogP contribution in [-0.4, -0.2) is 48.4 Å². The molecule has 0 saturated carbocycles. The van der Waals surface area contributed by atoms with Crippen LogP contribution in [-0.2, 0) is 4.74 Å². The molecule has 1 unspecified atom stereocenters. The predicted molar refractivity (Wildman–Crippen MR) is 63.5 cm³/mol. The van der Waals surface area contributed by atoms with Gasteiger partial charge in [-0.15, -0.1) is 6.42 Å². The lowest BCUT2D eigenvalue weighted by atomic mass is 10.00. The number of aliphatic hydroxyl groups excluding tert-OH is 2. The summed E-state index contributed by atoms with van der Waals surface area (Å²) in [5.41, 5.74) is -1.67. The Morgan fingerprint density at radius 1 is 1.68 bits per heavy atom. The molecule has 19 heavy (non-hydrogen) atoms. The van der Waals surface area contributed by atoms with Crippen molar-refractivity contribution < 1.29 is 14.9 Å². The summed E-state index contributed by atoms with van der Waals surface area (Å²) in [6.07, 6.45) is 2.49. The molecule has 0 aromatic carbocycles. The molecule has 2 rings (SSSR count). The number of nitrogens with zero attached hydrogens (tertiary/aromatic N) is 2. The van der Waals surface area contributed by atoms with Crippen LogP contribution < -0.4 is 11.4 Å². The highest BCUT2D eigenvalue weighted by Gasteiger charge is 2.55. The Morgan fingerprint density at radius 2 is 2.37 bits per heavy atom. The standard InChI is InChI=1S/C10H10ClN3O5/c1-2-10(11)6(16)5(3-15)19-7(10)14-4-12-8(17)13-9(14)18/h1,4-7,15-16H,3H2,(H,13,17,18)/t5-,6+,7-,10?/m1/s1. The molecule has 2 heterocycles. The quantitative estimate of drug-likeness (QED) is 0.419. The van der Waals surface area contributed by atoms with Gasteiger partial charge >= 0.3 is 11.4 Å². The number of halogens is 1. The molecule has 8 nitrogen and oxygen atoms in total. The third kappa shape index (κ3) is 2.06. The first-order valence-electron chi connectivity index (χ1n) is 5.22. The van der Waals surface area contributed by atoms with Crippen molar-refractivity contribution >= 4 is 11.6 Å². The van der Waals surface area contributed by atoms with Crippen molar-refractivity contribution in [2.45, 2.75) is 23.3 Å². The maximum Gasteiger partial charge on any atom is 0.350 e. The van der Waals surface area contributed by atoms with Crippen molar-refractivity contribution in [1.82, 2.24) is 14.5 Å². The summed E-state index contributed by atoms with van der Waals surface area (Å²) >= 11 is 6.09. The Morgan fingerprint density at radius 3 is 2.89 bits per heavy atom. The molecular formula is C10H10ClN3O5. The van der Waals surface area contributed by atoms with Crippen molar-refractivity contribution in [3.8, 4) is 12.3 Å². The van der Waals surface area contributed by atoms with Gasteiger partial charge in [-0.05, 0) is 0 Å². The lowest BCUT2D eigenvalue weighted by Gasteiger charge is -2.24. The zero-order valence-corrected chi connectivity index (χ0v) is 10.2. The Kier molecular flexibility index (Phi) is 3.47. The number of terminal acetylenes is 1. The van der Waals surface area contributed by atoms with Crippen LogP contribution in [0.4, 0.5) is 0 Å². The van der Waals surface area contributed by atoms with Gasteiger partial charge in [0.15, 0.2) is 11.1 Å². The fourth-order valence-electron chi connectivity index (χ4n) is 1.85. The molecule has 0 bridgehead atoms. The maximum absolute atomic E-state index is 11.6. The maximum atomic E-state index is 11.6. The third-order valence-corrected chi connectivity index (χ3v) is 3.37. The first kappa shape index (κ1) is 13.8. The summed E-state index contributed by atoms with van der Waals surface area (Å²) in [5.74, 6) is 2.14. The van der Waals surface area contributed by atoms with Crippen LogP contribution in [0.3, 0.4) is 0 Å². The number of hydrogen-bond donors (Lipinski definition) is 3. The van der Waals surface area contributed by atoms with E-state index in [1.807, 2.05) is 4.98 Å². The van der Waals surface area contributed by atoms with Crippen LogP contribution in [0.5, 0.6) is 0 Å². The van der Waals surface area contributed by atoms with E-state index < -0.39 is 41.3 Å². The Bertz CT molecular complexity index is 635.